The van der Waals surface area contributed by atoms with E-state index in [1.54, 1.807) is 30.3 Å². The molecule has 0 spiro atoms. The van der Waals surface area contributed by atoms with E-state index in [4.69, 9.17) is 9.05 Å². The van der Waals surface area contributed by atoms with Gasteiger partial charge in [-0.05, 0) is 0 Å². The molecule has 18 heavy (non-hydrogen) atoms. The van der Waals surface area contributed by atoms with Crippen molar-refractivity contribution in [2.24, 2.45) is 0 Å². The van der Waals surface area contributed by atoms with Gasteiger partial charge in [0, 0.05) is 5.56 Å². The van der Waals surface area contributed by atoms with Crippen molar-refractivity contribution in [3.63, 3.8) is 0 Å². The summed E-state index contributed by atoms with van der Waals surface area (Å²) < 4.78 is 22.4. The molecule has 4 nitrogen and oxygen atoms in total. The molecule has 0 fully saturated rings. The summed E-state index contributed by atoms with van der Waals surface area (Å²) in [7, 11) is -3.85. The topological polar surface area (TPSA) is 52.6 Å². The second kappa shape index (κ2) is 7.07. The van der Waals surface area contributed by atoms with Crippen LogP contribution in [-0.2, 0) is 13.6 Å². The highest BCUT2D eigenvalue weighted by Gasteiger charge is 2.35. The zero-order chi connectivity index (χ0) is 13.4. The van der Waals surface area contributed by atoms with E-state index >= 15 is 0 Å². The highest BCUT2D eigenvalue weighted by molar-refractivity contribution is 7.72. The number of benzene rings is 1. The number of rotatable bonds is 8. The molecule has 1 aromatic carbocycles. The van der Waals surface area contributed by atoms with Gasteiger partial charge in [0.1, 0.15) is 0 Å². The molecular formula is C13H15O4P. The summed E-state index contributed by atoms with van der Waals surface area (Å²) in [4.78, 5) is 12.1. The minimum atomic E-state index is -3.85. The van der Waals surface area contributed by atoms with Crippen LogP contribution in [0.1, 0.15) is 10.4 Å². The van der Waals surface area contributed by atoms with Gasteiger partial charge in [-0.25, -0.2) is 0 Å². The molecule has 1 rings (SSSR count). The van der Waals surface area contributed by atoms with Crippen LogP contribution in [0.25, 0.3) is 0 Å². The first-order valence-electron chi connectivity index (χ1n) is 5.35. The Hall–Kier alpha value is -1.48. The van der Waals surface area contributed by atoms with Crippen LogP contribution >= 0.6 is 7.60 Å². The Morgan fingerprint density at radius 3 is 2.06 bits per heavy atom. The van der Waals surface area contributed by atoms with Crippen LogP contribution in [0.15, 0.2) is 55.6 Å². The first-order valence-corrected chi connectivity index (χ1v) is 6.89. The highest BCUT2D eigenvalue weighted by Crippen LogP contribution is 2.51. The third-order valence-corrected chi connectivity index (χ3v) is 3.73. The van der Waals surface area contributed by atoms with Gasteiger partial charge >= 0.3 is 7.60 Å². The molecule has 0 aromatic heterocycles. The molecule has 96 valence electrons. The molecule has 0 aliphatic carbocycles. The van der Waals surface area contributed by atoms with Crippen molar-refractivity contribution in [1.82, 2.24) is 0 Å². The van der Waals surface area contributed by atoms with Crippen molar-refractivity contribution in [3.8, 4) is 0 Å². The summed E-state index contributed by atoms with van der Waals surface area (Å²) in [5.74, 6) is 0. The predicted molar refractivity (Wildman–Crippen MR) is 70.7 cm³/mol. The standard InChI is InChI=1S/C13H15O4P/c1-3-10-16-18(15,17-11-4-2)13(14)12-8-6-5-7-9-12/h3-9H,1-2,10-11H2. The van der Waals surface area contributed by atoms with Crippen LogP contribution in [0.4, 0.5) is 0 Å². The molecule has 0 N–H and O–H groups in total. The predicted octanol–water partition coefficient (Wildman–Crippen LogP) is 3.43. The second-order valence-electron chi connectivity index (χ2n) is 3.34. The average molecular weight is 266 g/mol. The maximum Gasteiger partial charge on any atom is 0.402 e. The SMILES string of the molecule is C=CCOP(=O)(OCC=C)C(=O)c1ccccc1. The minimum Gasteiger partial charge on any atom is -0.299 e. The van der Waals surface area contributed by atoms with Crippen molar-refractivity contribution >= 4 is 13.1 Å². The van der Waals surface area contributed by atoms with Crippen LogP contribution in [0, 0.1) is 0 Å². The number of carbonyl (C=O) groups excluding carboxylic acids is 1. The van der Waals surface area contributed by atoms with Crippen molar-refractivity contribution in [3.05, 3.63) is 61.2 Å². The lowest BCUT2D eigenvalue weighted by atomic mass is 10.2. The van der Waals surface area contributed by atoms with Crippen molar-refractivity contribution in [2.45, 2.75) is 0 Å². The van der Waals surface area contributed by atoms with Crippen molar-refractivity contribution < 1.29 is 18.4 Å². The Morgan fingerprint density at radius 1 is 1.11 bits per heavy atom. The average Bonchev–Trinajstić information content (AvgIpc) is 2.43. The fourth-order valence-electron chi connectivity index (χ4n) is 1.20. The quantitative estimate of drug-likeness (QED) is 0.534. The molecule has 0 aliphatic rings. The van der Waals surface area contributed by atoms with Crippen LogP contribution in [0.5, 0.6) is 0 Å². The first kappa shape index (κ1) is 14.6. The van der Waals surface area contributed by atoms with E-state index in [9.17, 15) is 9.36 Å². The maximum absolute atomic E-state index is 12.3. The van der Waals surface area contributed by atoms with E-state index in [1.807, 2.05) is 0 Å². The Morgan fingerprint density at radius 2 is 1.61 bits per heavy atom. The molecule has 0 unspecified atom stereocenters. The summed E-state index contributed by atoms with van der Waals surface area (Å²) in [6.45, 7) is 6.84. The van der Waals surface area contributed by atoms with Crippen LogP contribution in [-0.4, -0.2) is 18.7 Å². The Labute approximate surface area is 106 Å². The first-order chi connectivity index (χ1) is 8.64. The molecule has 0 amide bonds. The third-order valence-electron chi connectivity index (χ3n) is 1.99. The van der Waals surface area contributed by atoms with Gasteiger partial charge < -0.3 is 0 Å². The van der Waals surface area contributed by atoms with E-state index in [0.29, 0.717) is 0 Å². The largest absolute Gasteiger partial charge is 0.402 e. The molecule has 0 saturated carbocycles. The van der Waals surface area contributed by atoms with E-state index < -0.39 is 13.1 Å². The van der Waals surface area contributed by atoms with Gasteiger partial charge in [0.05, 0.1) is 13.2 Å². The zero-order valence-electron chi connectivity index (χ0n) is 9.95. The molecular weight excluding hydrogens is 251 g/mol. The minimum absolute atomic E-state index is 0.0208. The lowest BCUT2D eigenvalue weighted by Gasteiger charge is -2.15. The van der Waals surface area contributed by atoms with Crippen molar-refractivity contribution in [1.29, 1.82) is 0 Å². The zero-order valence-corrected chi connectivity index (χ0v) is 10.8. The summed E-state index contributed by atoms with van der Waals surface area (Å²) in [6.07, 6.45) is 2.81. The van der Waals surface area contributed by atoms with Gasteiger partial charge in [0.25, 0.3) is 5.52 Å². The fourth-order valence-corrected chi connectivity index (χ4v) is 2.57. The lowest BCUT2D eigenvalue weighted by molar-refractivity contribution is 0.101. The molecule has 0 bridgehead atoms. The third kappa shape index (κ3) is 3.77. The molecule has 1 aromatic rings. The Bertz CT molecular complexity index is 451. The van der Waals surface area contributed by atoms with Gasteiger partial charge in [-0.2, -0.15) is 0 Å². The molecule has 5 heteroatoms. The maximum atomic E-state index is 12.3. The van der Waals surface area contributed by atoms with E-state index in [0.717, 1.165) is 0 Å². The smallest absolute Gasteiger partial charge is 0.299 e. The fraction of sp³-hybridized carbons (Fsp3) is 0.154. The molecule has 0 saturated heterocycles. The van der Waals surface area contributed by atoms with E-state index in [1.165, 1.54) is 12.2 Å². The van der Waals surface area contributed by atoms with Crippen LogP contribution in [0.3, 0.4) is 0 Å². The van der Waals surface area contributed by atoms with E-state index in [2.05, 4.69) is 13.2 Å². The monoisotopic (exact) mass is 266 g/mol. The summed E-state index contributed by atoms with van der Waals surface area (Å²) in [6, 6.07) is 8.24. The van der Waals surface area contributed by atoms with Crippen LogP contribution < -0.4 is 0 Å². The van der Waals surface area contributed by atoms with Gasteiger partial charge in [-0.15, -0.1) is 13.2 Å². The van der Waals surface area contributed by atoms with Gasteiger partial charge in [-0.1, -0.05) is 42.5 Å². The number of hydrogen-bond donors (Lipinski definition) is 0. The molecule has 0 atom stereocenters. The Kier molecular flexibility index (Phi) is 5.72. The van der Waals surface area contributed by atoms with Crippen molar-refractivity contribution in [2.75, 3.05) is 13.2 Å². The summed E-state index contributed by atoms with van der Waals surface area (Å²) in [5, 5.41) is 0. The number of carbonyl (C=O) groups is 1. The van der Waals surface area contributed by atoms with Gasteiger partial charge in [0.15, 0.2) is 0 Å². The summed E-state index contributed by atoms with van der Waals surface area (Å²) >= 11 is 0. The van der Waals surface area contributed by atoms with E-state index in [-0.39, 0.29) is 18.8 Å². The normalized spacial score (nSPS) is 10.9. The summed E-state index contributed by atoms with van der Waals surface area (Å²) in [5.41, 5.74) is -0.374. The number of hydrogen-bond acceptors (Lipinski definition) is 4. The second-order valence-corrected chi connectivity index (χ2v) is 5.26. The molecule has 0 radical (unpaired) electrons. The van der Waals surface area contributed by atoms with Gasteiger partial charge in [0.2, 0.25) is 0 Å². The molecule has 0 aliphatic heterocycles. The Balaban J connectivity index is 2.95. The van der Waals surface area contributed by atoms with Crippen LogP contribution in [0.2, 0.25) is 0 Å². The van der Waals surface area contributed by atoms with Gasteiger partial charge in [-0.3, -0.25) is 18.4 Å². The molecule has 0 heterocycles. The lowest BCUT2D eigenvalue weighted by Crippen LogP contribution is -2.07. The highest BCUT2D eigenvalue weighted by atomic mass is 31.2.